The van der Waals surface area contributed by atoms with Crippen LogP contribution in [0.5, 0.6) is 5.75 Å². The predicted molar refractivity (Wildman–Crippen MR) is 157 cm³/mol. The highest BCUT2D eigenvalue weighted by molar-refractivity contribution is 7.99. The SMILES string of the molecule is COc1ccc(NC(=O)C2CC2)cc1.c1ccc2c(Nc3cc(N4CCSCC4)nc(C4CC4)n3)n[nH]c2c1. The molecule has 3 fully saturated rings. The summed E-state index contributed by atoms with van der Waals surface area (Å²) in [7, 11) is 1.62. The molecule has 39 heavy (non-hydrogen) atoms. The van der Waals surface area contributed by atoms with E-state index in [2.05, 4.69) is 37.9 Å². The van der Waals surface area contributed by atoms with E-state index in [1.54, 1.807) is 7.11 Å². The summed E-state index contributed by atoms with van der Waals surface area (Å²) in [6.07, 6.45) is 4.46. The zero-order valence-electron chi connectivity index (χ0n) is 22.0. The van der Waals surface area contributed by atoms with Crippen molar-refractivity contribution in [1.82, 2.24) is 20.2 Å². The number of hydrogen-bond acceptors (Lipinski definition) is 8. The lowest BCUT2D eigenvalue weighted by atomic mass is 10.2. The van der Waals surface area contributed by atoms with Crippen LogP contribution in [0.15, 0.2) is 54.6 Å². The number of carbonyl (C=O) groups is 1. The molecule has 202 valence electrons. The van der Waals surface area contributed by atoms with Crippen LogP contribution in [0.25, 0.3) is 10.9 Å². The van der Waals surface area contributed by atoms with Crippen molar-refractivity contribution in [2.45, 2.75) is 31.6 Å². The van der Waals surface area contributed by atoms with Crippen LogP contribution in [0.2, 0.25) is 0 Å². The first-order valence-corrected chi connectivity index (χ1v) is 14.7. The number of aromatic nitrogens is 4. The smallest absolute Gasteiger partial charge is 0.227 e. The standard InChI is InChI=1S/C18H20N6S.C11H13NO2/c1-2-4-14-13(3-1)18(23-22-14)20-15-11-16(24-7-9-25-10-8-24)21-17(19-15)12-5-6-12;1-14-10-6-4-9(5-7-10)12-11(13)8-2-3-8/h1-4,11-12H,5-10H2,(H2,19,20,21,22,23);4-8H,2-3H2,1H3,(H,12,13). The maximum Gasteiger partial charge on any atom is 0.227 e. The second-order valence-electron chi connectivity index (χ2n) is 10.1. The van der Waals surface area contributed by atoms with Gasteiger partial charge >= 0.3 is 0 Å². The van der Waals surface area contributed by atoms with Crippen LogP contribution >= 0.6 is 11.8 Å². The van der Waals surface area contributed by atoms with Crippen LogP contribution in [0.3, 0.4) is 0 Å². The molecule has 9 nitrogen and oxygen atoms in total. The number of aromatic amines is 1. The Hall–Kier alpha value is -3.79. The first-order valence-electron chi connectivity index (χ1n) is 13.5. The van der Waals surface area contributed by atoms with Gasteiger partial charge in [-0.2, -0.15) is 16.9 Å². The van der Waals surface area contributed by atoms with E-state index in [4.69, 9.17) is 14.7 Å². The Kier molecular flexibility index (Phi) is 7.53. The molecule has 0 atom stereocenters. The van der Waals surface area contributed by atoms with E-state index in [0.29, 0.717) is 5.92 Å². The topological polar surface area (TPSA) is 108 Å². The number of ether oxygens (including phenoxy) is 1. The number of hydrogen-bond donors (Lipinski definition) is 3. The molecule has 1 aliphatic heterocycles. The van der Waals surface area contributed by atoms with E-state index in [-0.39, 0.29) is 11.8 Å². The first-order chi connectivity index (χ1) is 19.2. The number of anilines is 4. The molecule has 0 spiro atoms. The molecule has 2 aliphatic carbocycles. The molecular weight excluding hydrogens is 510 g/mol. The van der Waals surface area contributed by atoms with E-state index >= 15 is 0 Å². The normalized spacial score (nSPS) is 16.8. The molecular formula is C29H33N7O2S. The fourth-order valence-electron chi connectivity index (χ4n) is 4.44. The van der Waals surface area contributed by atoms with Gasteiger partial charge in [-0.1, -0.05) is 12.1 Å². The van der Waals surface area contributed by atoms with Gasteiger partial charge in [-0.05, 0) is 62.1 Å². The van der Waals surface area contributed by atoms with Crippen LogP contribution in [0, 0.1) is 5.92 Å². The Bertz CT molecular complexity index is 1430. The number of methoxy groups -OCH3 is 1. The molecule has 2 aromatic heterocycles. The summed E-state index contributed by atoms with van der Waals surface area (Å²) >= 11 is 2.01. The van der Waals surface area contributed by atoms with Gasteiger partial charge < -0.3 is 20.3 Å². The molecule has 10 heteroatoms. The highest BCUT2D eigenvalue weighted by atomic mass is 32.2. The van der Waals surface area contributed by atoms with Gasteiger partial charge in [0.1, 0.15) is 23.2 Å². The van der Waals surface area contributed by atoms with Gasteiger partial charge in [-0.15, -0.1) is 0 Å². The third-order valence-corrected chi connectivity index (χ3v) is 7.97. The first kappa shape index (κ1) is 25.5. The highest BCUT2D eigenvalue weighted by Gasteiger charge is 2.30. The number of thioether (sulfide) groups is 1. The van der Waals surface area contributed by atoms with Crippen LogP contribution in [-0.4, -0.2) is 57.8 Å². The van der Waals surface area contributed by atoms with Crippen molar-refractivity contribution in [2.75, 3.05) is 47.2 Å². The molecule has 3 aliphatic rings. The van der Waals surface area contributed by atoms with Crippen molar-refractivity contribution >= 4 is 51.7 Å². The number of H-pyrrole nitrogens is 1. The number of amides is 1. The molecule has 2 aromatic carbocycles. The molecule has 3 heterocycles. The Labute approximate surface area is 232 Å². The van der Waals surface area contributed by atoms with Crippen molar-refractivity contribution in [3.8, 4) is 5.75 Å². The van der Waals surface area contributed by atoms with Crippen molar-refractivity contribution < 1.29 is 9.53 Å². The molecule has 4 aromatic rings. The van der Waals surface area contributed by atoms with E-state index < -0.39 is 0 Å². The second-order valence-corrected chi connectivity index (χ2v) is 11.3. The monoisotopic (exact) mass is 543 g/mol. The lowest BCUT2D eigenvalue weighted by Crippen LogP contribution is -2.33. The van der Waals surface area contributed by atoms with Gasteiger partial charge in [-0.25, -0.2) is 9.97 Å². The number of nitrogens with zero attached hydrogens (tertiary/aromatic N) is 4. The highest BCUT2D eigenvalue weighted by Crippen LogP contribution is 2.39. The van der Waals surface area contributed by atoms with Crippen LogP contribution in [-0.2, 0) is 4.79 Å². The summed E-state index contributed by atoms with van der Waals surface area (Å²) in [5, 5.41) is 14.8. The summed E-state index contributed by atoms with van der Waals surface area (Å²) in [4.78, 5) is 23.4. The van der Waals surface area contributed by atoms with Gasteiger partial charge in [0.15, 0.2) is 5.82 Å². The van der Waals surface area contributed by atoms with E-state index in [0.717, 1.165) is 83.1 Å². The molecule has 0 unspecified atom stereocenters. The predicted octanol–water partition coefficient (Wildman–Crippen LogP) is 5.57. The number of carbonyl (C=O) groups excluding carboxylic acids is 1. The maximum atomic E-state index is 11.4. The van der Waals surface area contributed by atoms with Crippen LogP contribution in [0.4, 0.5) is 23.1 Å². The van der Waals surface area contributed by atoms with E-state index in [1.165, 1.54) is 12.8 Å². The Morgan fingerprint density at radius 1 is 1.03 bits per heavy atom. The van der Waals surface area contributed by atoms with Crippen molar-refractivity contribution in [3.05, 3.63) is 60.4 Å². The molecule has 0 bridgehead atoms. The van der Waals surface area contributed by atoms with Crippen LogP contribution < -0.4 is 20.3 Å². The van der Waals surface area contributed by atoms with Crippen LogP contribution in [0.1, 0.15) is 37.4 Å². The number of para-hydroxylation sites is 1. The molecule has 2 saturated carbocycles. The Morgan fingerprint density at radius 2 is 1.79 bits per heavy atom. The van der Waals surface area contributed by atoms with Crippen molar-refractivity contribution in [1.29, 1.82) is 0 Å². The van der Waals surface area contributed by atoms with E-state index in [1.807, 2.05) is 54.2 Å². The Balaban J connectivity index is 0.000000168. The minimum absolute atomic E-state index is 0.134. The molecule has 0 radical (unpaired) electrons. The minimum Gasteiger partial charge on any atom is -0.497 e. The maximum absolute atomic E-state index is 11.4. The quantitative estimate of drug-likeness (QED) is 0.278. The summed E-state index contributed by atoms with van der Waals surface area (Å²) < 4.78 is 5.02. The molecule has 1 saturated heterocycles. The van der Waals surface area contributed by atoms with Gasteiger partial charge in [0.05, 0.1) is 12.6 Å². The second kappa shape index (κ2) is 11.5. The summed E-state index contributed by atoms with van der Waals surface area (Å²) in [5.74, 6) is 7.69. The Morgan fingerprint density at radius 3 is 2.51 bits per heavy atom. The third kappa shape index (κ3) is 6.44. The number of nitrogens with one attached hydrogen (secondary N) is 3. The minimum atomic E-state index is 0.134. The van der Waals surface area contributed by atoms with Crippen molar-refractivity contribution in [2.24, 2.45) is 5.92 Å². The number of rotatable bonds is 7. The molecule has 7 rings (SSSR count). The average Bonchev–Trinajstić information content (AvgIpc) is 3.92. The lowest BCUT2D eigenvalue weighted by molar-refractivity contribution is -0.117. The lowest BCUT2D eigenvalue weighted by Gasteiger charge is -2.28. The molecule has 3 N–H and O–H groups in total. The van der Waals surface area contributed by atoms with Gasteiger partial charge in [0.25, 0.3) is 0 Å². The number of benzene rings is 2. The average molecular weight is 544 g/mol. The van der Waals surface area contributed by atoms with E-state index in [9.17, 15) is 4.79 Å². The van der Waals surface area contributed by atoms with Gasteiger partial charge in [0, 0.05) is 53.6 Å². The van der Waals surface area contributed by atoms with Crippen molar-refractivity contribution in [3.63, 3.8) is 0 Å². The zero-order valence-corrected chi connectivity index (χ0v) is 22.8. The third-order valence-electron chi connectivity index (χ3n) is 7.03. The van der Waals surface area contributed by atoms with Gasteiger partial charge in [-0.3, -0.25) is 9.89 Å². The summed E-state index contributed by atoms with van der Waals surface area (Å²) in [5.41, 5.74) is 1.86. The largest absolute Gasteiger partial charge is 0.497 e. The fourth-order valence-corrected chi connectivity index (χ4v) is 5.34. The number of fused-ring (bicyclic) bond motifs is 1. The molecule has 1 amide bonds. The fraction of sp³-hybridized carbons (Fsp3) is 0.379. The zero-order chi connectivity index (χ0) is 26.6. The van der Waals surface area contributed by atoms with Gasteiger partial charge in [0.2, 0.25) is 5.91 Å². The summed E-state index contributed by atoms with van der Waals surface area (Å²) in [6.45, 7) is 2.10. The summed E-state index contributed by atoms with van der Waals surface area (Å²) in [6, 6.07) is 17.5.